The van der Waals surface area contributed by atoms with Gasteiger partial charge in [0.2, 0.25) is 5.91 Å². The Kier molecular flexibility index (Phi) is 4.18. The van der Waals surface area contributed by atoms with Crippen molar-refractivity contribution < 1.29 is 14.7 Å². The highest BCUT2D eigenvalue weighted by Crippen LogP contribution is 2.40. The molecule has 1 aliphatic carbocycles. The van der Waals surface area contributed by atoms with Crippen LogP contribution in [-0.4, -0.2) is 26.5 Å². The molecular weight excluding hydrogens is 342 g/mol. The second-order valence-electron chi connectivity index (χ2n) is 7.23. The summed E-state index contributed by atoms with van der Waals surface area (Å²) in [6.45, 7) is 0.266. The number of nitrogens with one attached hydrogen (secondary N) is 1. The predicted molar refractivity (Wildman–Crippen MR) is 101 cm³/mol. The van der Waals surface area contributed by atoms with Gasteiger partial charge >= 0.3 is 5.97 Å². The summed E-state index contributed by atoms with van der Waals surface area (Å²) in [7, 11) is 1.91. The quantitative estimate of drug-likeness (QED) is 0.729. The summed E-state index contributed by atoms with van der Waals surface area (Å²) >= 11 is 0. The number of carbonyl (C=O) groups is 2. The van der Waals surface area contributed by atoms with Crippen molar-refractivity contribution in [3.05, 3.63) is 65.5 Å². The molecule has 138 valence electrons. The van der Waals surface area contributed by atoms with Crippen molar-refractivity contribution in [3.8, 4) is 0 Å². The summed E-state index contributed by atoms with van der Waals surface area (Å²) in [6.07, 6.45) is 0.712. The summed E-state index contributed by atoms with van der Waals surface area (Å²) in [4.78, 5) is 29.1. The van der Waals surface area contributed by atoms with E-state index in [4.69, 9.17) is 0 Å². The number of aromatic nitrogens is 2. The van der Waals surface area contributed by atoms with Gasteiger partial charge in [-0.2, -0.15) is 0 Å². The number of nitrogens with zero attached hydrogens (tertiary/aromatic N) is 2. The van der Waals surface area contributed by atoms with Crippen molar-refractivity contribution in [2.24, 2.45) is 12.5 Å². The number of carbonyl (C=O) groups excluding carboxylic acids is 1. The zero-order valence-electron chi connectivity index (χ0n) is 15.1. The van der Waals surface area contributed by atoms with E-state index in [2.05, 4.69) is 10.3 Å². The smallest absolute Gasteiger partial charge is 0.304 e. The molecule has 0 radical (unpaired) electrons. The second kappa shape index (κ2) is 6.54. The molecule has 6 nitrogen and oxygen atoms in total. The van der Waals surface area contributed by atoms with E-state index in [1.807, 2.05) is 60.1 Å². The van der Waals surface area contributed by atoms with Gasteiger partial charge in [-0.25, -0.2) is 4.98 Å². The van der Waals surface area contributed by atoms with Crippen molar-refractivity contribution in [1.82, 2.24) is 14.9 Å². The molecule has 0 saturated heterocycles. The second-order valence-corrected chi connectivity index (χ2v) is 7.23. The number of hydrogen-bond acceptors (Lipinski definition) is 3. The molecule has 2 aromatic carbocycles. The van der Waals surface area contributed by atoms with Gasteiger partial charge in [0, 0.05) is 7.05 Å². The summed E-state index contributed by atoms with van der Waals surface area (Å²) in [6, 6.07) is 15.6. The molecule has 1 aliphatic rings. The molecule has 1 aromatic heterocycles. The molecule has 0 aliphatic heterocycles. The number of rotatable bonds is 5. The lowest BCUT2D eigenvalue weighted by Crippen LogP contribution is -2.43. The third kappa shape index (κ3) is 3.07. The molecular formula is C21H21N3O3. The Morgan fingerprint density at radius 1 is 1.11 bits per heavy atom. The molecule has 6 heteroatoms. The lowest BCUT2D eigenvalue weighted by molar-refractivity contribution is -0.145. The minimum atomic E-state index is -0.958. The number of carboxylic acid groups (broad SMARTS) is 1. The van der Waals surface area contributed by atoms with Crippen molar-refractivity contribution >= 4 is 22.9 Å². The highest BCUT2D eigenvalue weighted by atomic mass is 16.4. The van der Waals surface area contributed by atoms with Gasteiger partial charge in [-0.15, -0.1) is 0 Å². The van der Waals surface area contributed by atoms with Crippen LogP contribution in [-0.2, 0) is 36.0 Å². The highest BCUT2D eigenvalue weighted by Gasteiger charge is 2.45. The largest absolute Gasteiger partial charge is 0.481 e. The Balaban J connectivity index is 1.56. The lowest BCUT2D eigenvalue weighted by atomic mass is 9.80. The Morgan fingerprint density at radius 3 is 2.37 bits per heavy atom. The fourth-order valence-corrected chi connectivity index (χ4v) is 4.05. The third-order valence-electron chi connectivity index (χ3n) is 5.43. The fraction of sp³-hybridized carbons (Fsp3) is 0.286. The van der Waals surface area contributed by atoms with Crippen molar-refractivity contribution in [2.75, 3.05) is 0 Å². The van der Waals surface area contributed by atoms with Crippen LogP contribution in [0.3, 0.4) is 0 Å². The van der Waals surface area contributed by atoms with Crippen LogP contribution >= 0.6 is 0 Å². The van der Waals surface area contributed by atoms with Gasteiger partial charge in [0.15, 0.2) is 0 Å². The number of benzene rings is 2. The van der Waals surface area contributed by atoms with E-state index >= 15 is 0 Å². The van der Waals surface area contributed by atoms with Gasteiger partial charge in [0.1, 0.15) is 5.82 Å². The van der Waals surface area contributed by atoms with E-state index in [9.17, 15) is 14.7 Å². The van der Waals surface area contributed by atoms with E-state index in [0.29, 0.717) is 12.8 Å². The molecule has 0 atom stereocenters. The molecule has 0 spiro atoms. The first kappa shape index (κ1) is 17.3. The number of amides is 1. The average molecular weight is 363 g/mol. The first-order chi connectivity index (χ1) is 13.0. The van der Waals surface area contributed by atoms with Crippen LogP contribution in [0.1, 0.15) is 23.4 Å². The number of aryl methyl sites for hydroxylation is 1. The van der Waals surface area contributed by atoms with Crippen LogP contribution in [0.15, 0.2) is 48.5 Å². The van der Waals surface area contributed by atoms with Gasteiger partial charge in [-0.3, -0.25) is 9.59 Å². The molecule has 0 saturated carbocycles. The van der Waals surface area contributed by atoms with Crippen LogP contribution < -0.4 is 5.32 Å². The molecule has 2 N–H and O–H groups in total. The normalized spacial score (nSPS) is 14.9. The number of aliphatic carboxylic acids is 1. The summed E-state index contributed by atoms with van der Waals surface area (Å²) in [5.41, 5.74) is 3.03. The van der Waals surface area contributed by atoms with Crippen LogP contribution in [0.5, 0.6) is 0 Å². The summed E-state index contributed by atoms with van der Waals surface area (Å²) in [5, 5.41) is 12.3. The SMILES string of the molecule is Cn1c(CNC(=O)C2(CC(=O)O)Cc3ccccc3C2)nc2ccccc21. The monoisotopic (exact) mass is 363 g/mol. The van der Waals surface area contributed by atoms with E-state index in [-0.39, 0.29) is 18.9 Å². The van der Waals surface area contributed by atoms with Crippen LogP contribution in [0.2, 0.25) is 0 Å². The molecule has 4 rings (SSSR count). The zero-order valence-corrected chi connectivity index (χ0v) is 15.1. The number of imidazole rings is 1. The maximum absolute atomic E-state index is 13.1. The van der Waals surface area contributed by atoms with Crippen LogP contribution in [0, 0.1) is 5.41 Å². The standard InChI is InChI=1S/C21H21N3O3/c1-24-17-9-5-4-8-16(17)23-18(24)13-22-20(27)21(12-19(25)26)10-14-6-2-3-7-15(14)11-21/h2-9H,10-13H2,1H3,(H,22,27)(H,25,26). The Bertz CT molecular complexity index is 1010. The first-order valence-electron chi connectivity index (χ1n) is 8.96. The Morgan fingerprint density at radius 2 is 1.74 bits per heavy atom. The molecule has 0 unspecified atom stereocenters. The molecule has 27 heavy (non-hydrogen) atoms. The van der Waals surface area contributed by atoms with E-state index < -0.39 is 11.4 Å². The third-order valence-corrected chi connectivity index (χ3v) is 5.43. The Hall–Kier alpha value is -3.15. The highest BCUT2D eigenvalue weighted by molar-refractivity contribution is 5.88. The fourth-order valence-electron chi connectivity index (χ4n) is 4.05. The number of carboxylic acids is 1. The van der Waals surface area contributed by atoms with Crippen molar-refractivity contribution in [3.63, 3.8) is 0 Å². The van der Waals surface area contributed by atoms with E-state index in [1.165, 1.54) is 0 Å². The van der Waals surface area contributed by atoms with E-state index in [1.54, 1.807) is 0 Å². The van der Waals surface area contributed by atoms with Crippen LogP contribution in [0.4, 0.5) is 0 Å². The average Bonchev–Trinajstić information content (AvgIpc) is 3.17. The first-order valence-corrected chi connectivity index (χ1v) is 8.96. The van der Waals surface area contributed by atoms with Gasteiger partial charge in [0.05, 0.1) is 29.4 Å². The minimum Gasteiger partial charge on any atom is -0.481 e. The minimum absolute atomic E-state index is 0.184. The van der Waals surface area contributed by atoms with Gasteiger partial charge in [0.25, 0.3) is 0 Å². The van der Waals surface area contributed by atoms with Crippen molar-refractivity contribution in [2.45, 2.75) is 25.8 Å². The molecule has 3 aromatic rings. The molecule has 0 bridgehead atoms. The van der Waals surface area contributed by atoms with E-state index in [0.717, 1.165) is 28.0 Å². The maximum atomic E-state index is 13.1. The van der Waals surface area contributed by atoms with Crippen molar-refractivity contribution in [1.29, 1.82) is 0 Å². The zero-order chi connectivity index (χ0) is 19.0. The summed E-state index contributed by atoms with van der Waals surface area (Å²) < 4.78 is 1.95. The lowest BCUT2D eigenvalue weighted by Gasteiger charge is -2.26. The van der Waals surface area contributed by atoms with Gasteiger partial charge in [-0.05, 0) is 36.1 Å². The number of hydrogen-bond donors (Lipinski definition) is 2. The predicted octanol–water partition coefficient (Wildman–Crippen LogP) is 2.45. The number of para-hydroxylation sites is 2. The molecule has 1 amide bonds. The molecule has 0 fully saturated rings. The topological polar surface area (TPSA) is 84.2 Å². The summed E-state index contributed by atoms with van der Waals surface area (Å²) in [5.74, 6) is -0.445. The Labute approximate surface area is 156 Å². The molecule has 1 heterocycles. The van der Waals surface area contributed by atoms with Gasteiger partial charge < -0.3 is 15.0 Å². The van der Waals surface area contributed by atoms with Gasteiger partial charge in [-0.1, -0.05) is 36.4 Å². The van der Waals surface area contributed by atoms with Crippen LogP contribution in [0.25, 0.3) is 11.0 Å². The maximum Gasteiger partial charge on any atom is 0.304 e. The number of fused-ring (bicyclic) bond motifs is 2.